The number of aliphatic imine (C=N–C) groups is 2. The van der Waals surface area contributed by atoms with Crippen LogP contribution in [0.3, 0.4) is 0 Å². The molecule has 0 unspecified atom stereocenters. The second-order valence-electron chi connectivity index (χ2n) is 9.08. The summed E-state index contributed by atoms with van der Waals surface area (Å²) >= 11 is 0. The van der Waals surface area contributed by atoms with E-state index in [0.717, 1.165) is 31.1 Å². The van der Waals surface area contributed by atoms with Crippen LogP contribution in [-0.4, -0.2) is 49.0 Å². The first-order valence-corrected chi connectivity index (χ1v) is 10.9. The number of hydrogen-bond donors (Lipinski definition) is 1. The summed E-state index contributed by atoms with van der Waals surface area (Å²) in [5.74, 6) is 0.947. The van der Waals surface area contributed by atoms with E-state index in [0.29, 0.717) is 38.3 Å². The number of halogens is 4. The minimum Gasteiger partial charge on any atom is -0.352 e. The van der Waals surface area contributed by atoms with Gasteiger partial charge < -0.3 is 5.32 Å². The Kier molecular flexibility index (Phi) is 7.69. The fraction of sp³-hybridized carbons (Fsp3) is 0.609. The minimum atomic E-state index is -4.57. The third-order valence-corrected chi connectivity index (χ3v) is 6.04. The van der Waals surface area contributed by atoms with Crippen molar-refractivity contribution in [1.29, 1.82) is 0 Å². The molecule has 2 aliphatic heterocycles. The first-order valence-electron chi connectivity index (χ1n) is 10.9. The molecule has 0 bridgehead atoms. The van der Waals surface area contributed by atoms with Gasteiger partial charge in [0.1, 0.15) is 12.5 Å². The van der Waals surface area contributed by atoms with Gasteiger partial charge in [-0.15, -0.1) is 0 Å². The fourth-order valence-corrected chi connectivity index (χ4v) is 4.54. The van der Waals surface area contributed by atoms with E-state index in [1.807, 2.05) is 0 Å². The molecule has 2 aliphatic rings. The van der Waals surface area contributed by atoms with E-state index in [9.17, 15) is 22.4 Å². The lowest BCUT2D eigenvalue weighted by atomic mass is 9.72. The maximum atomic E-state index is 13.2. The zero-order valence-electron chi connectivity index (χ0n) is 18.5. The number of hydrogen-bond acceptors (Lipinski definition) is 4. The monoisotopic (exact) mass is 454 g/mol. The predicted molar refractivity (Wildman–Crippen MR) is 116 cm³/mol. The largest absolute Gasteiger partial charge is 0.416 e. The quantitative estimate of drug-likeness (QED) is 0.592. The third kappa shape index (κ3) is 6.15. The number of nitrogens with one attached hydrogen (secondary N) is 1. The Morgan fingerprint density at radius 2 is 1.88 bits per heavy atom. The van der Waals surface area contributed by atoms with Crippen LogP contribution in [0.25, 0.3) is 0 Å². The summed E-state index contributed by atoms with van der Waals surface area (Å²) in [5.41, 5.74) is -1.28. The Labute approximate surface area is 186 Å². The molecule has 0 radical (unpaired) electrons. The van der Waals surface area contributed by atoms with Gasteiger partial charge >= 0.3 is 6.18 Å². The van der Waals surface area contributed by atoms with Crippen LogP contribution in [0.15, 0.2) is 28.2 Å². The van der Waals surface area contributed by atoms with Gasteiger partial charge in [0.2, 0.25) is 5.91 Å². The van der Waals surface area contributed by atoms with Crippen LogP contribution in [0.5, 0.6) is 0 Å². The topological polar surface area (TPSA) is 57.1 Å². The second kappa shape index (κ2) is 10.1. The average molecular weight is 455 g/mol. The molecule has 1 aromatic rings. The number of alkyl halides is 4. The van der Waals surface area contributed by atoms with Crippen LogP contribution in [0.2, 0.25) is 0 Å². The highest BCUT2D eigenvalue weighted by Gasteiger charge is 2.41. The number of carbonyl (C=O) groups is 1. The number of amidine groups is 1. The first-order chi connectivity index (χ1) is 15.1. The number of nitrogens with zero attached hydrogens (tertiary/aromatic N) is 3. The van der Waals surface area contributed by atoms with Crippen LogP contribution >= 0.6 is 0 Å². The molecule has 1 fully saturated rings. The van der Waals surface area contributed by atoms with Crippen molar-refractivity contribution in [2.24, 2.45) is 21.3 Å². The molecule has 1 saturated heterocycles. The Balaban J connectivity index is 1.67. The lowest BCUT2D eigenvalue weighted by molar-refractivity contribution is -0.137. The van der Waals surface area contributed by atoms with Gasteiger partial charge in [0, 0.05) is 12.8 Å². The summed E-state index contributed by atoms with van der Waals surface area (Å²) in [7, 11) is 0. The number of likely N-dealkylation sites (tertiary alicyclic amines) is 1. The van der Waals surface area contributed by atoms with Crippen molar-refractivity contribution in [2.45, 2.75) is 52.5 Å². The number of benzene rings is 1. The molecule has 32 heavy (non-hydrogen) atoms. The van der Waals surface area contributed by atoms with E-state index in [2.05, 4.69) is 34.0 Å². The maximum absolute atomic E-state index is 13.2. The van der Waals surface area contributed by atoms with Crippen molar-refractivity contribution in [3.05, 3.63) is 34.9 Å². The van der Waals surface area contributed by atoms with Gasteiger partial charge in [-0.25, -0.2) is 9.38 Å². The molecule has 1 N–H and O–H groups in total. The summed E-state index contributed by atoms with van der Waals surface area (Å²) in [4.78, 5) is 24.0. The van der Waals surface area contributed by atoms with Gasteiger partial charge in [0.05, 0.1) is 24.1 Å². The van der Waals surface area contributed by atoms with E-state index in [4.69, 9.17) is 0 Å². The molecule has 176 valence electrons. The lowest BCUT2D eigenvalue weighted by Gasteiger charge is -2.41. The highest BCUT2D eigenvalue weighted by molar-refractivity contribution is 5.95. The smallest absolute Gasteiger partial charge is 0.352 e. The minimum absolute atomic E-state index is 0.0493. The van der Waals surface area contributed by atoms with Crippen LogP contribution in [-0.2, 0) is 24.2 Å². The Hall–Kier alpha value is -2.29. The van der Waals surface area contributed by atoms with Gasteiger partial charge in [-0.05, 0) is 61.5 Å². The Morgan fingerprint density at radius 3 is 2.44 bits per heavy atom. The Bertz CT molecular complexity index is 871. The van der Waals surface area contributed by atoms with Crippen molar-refractivity contribution < 1.29 is 22.4 Å². The molecule has 0 saturated carbocycles. The summed E-state index contributed by atoms with van der Waals surface area (Å²) in [5, 5.41) is 2.84. The second-order valence-corrected chi connectivity index (χ2v) is 9.08. The highest BCUT2D eigenvalue weighted by atomic mass is 19.4. The molecule has 0 spiro atoms. The van der Waals surface area contributed by atoms with Gasteiger partial charge in [0.25, 0.3) is 0 Å². The fourth-order valence-electron chi connectivity index (χ4n) is 4.54. The Morgan fingerprint density at radius 1 is 1.19 bits per heavy atom. The molecular formula is C23H30F4N4O. The number of rotatable bonds is 8. The third-order valence-electron chi connectivity index (χ3n) is 6.04. The van der Waals surface area contributed by atoms with Crippen LogP contribution < -0.4 is 5.32 Å². The standard InChI is InChI=1S/C23H30F4N4O/c1-16(2)12-22(3-7-31(8-4-22)15-20-28-5-6-29-20)21(32)30-14-18-9-17(13-24)10-19(11-18)23(25,26)27/h5,9-11,16H,3-4,6-8,12-15H2,1-2H3,(H,30,32). The van der Waals surface area contributed by atoms with E-state index >= 15 is 0 Å². The SMILES string of the molecule is CC(C)CC1(C(=O)NCc2cc(CF)cc(C(F)(F)F)c2)CCN(CC2=NCC=N2)CC1. The van der Waals surface area contributed by atoms with Gasteiger partial charge in [-0.1, -0.05) is 19.9 Å². The van der Waals surface area contributed by atoms with Gasteiger partial charge in [-0.2, -0.15) is 13.2 Å². The van der Waals surface area contributed by atoms with Crippen LogP contribution in [0, 0.1) is 11.3 Å². The summed E-state index contributed by atoms with van der Waals surface area (Å²) in [6, 6.07) is 3.15. The molecule has 0 aromatic heterocycles. The van der Waals surface area contributed by atoms with Crippen molar-refractivity contribution >= 4 is 18.0 Å². The van der Waals surface area contributed by atoms with Crippen molar-refractivity contribution in [2.75, 3.05) is 26.2 Å². The first kappa shape index (κ1) is 24.4. The molecule has 2 heterocycles. The van der Waals surface area contributed by atoms with Gasteiger partial charge in [-0.3, -0.25) is 14.7 Å². The van der Waals surface area contributed by atoms with E-state index in [1.54, 1.807) is 6.21 Å². The van der Waals surface area contributed by atoms with Gasteiger partial charge in [0.15, 0.2) is 0 Å². The molecule has 5 nitrogen and oxygen atoms in total. The number of piperidine rings is 1. The number of carbonyl (C=O) groups excluding carboxylic acids is 1. The van der Waals surface area contributed by atoms with Crippen molar-refractivity contribution in [3.63, 3.8) is 0 Å². The van der Waals surface area contributed by atoms with E-state index < -0.39 is 23.8 Å². The van der Waals surface area contributed by atoms with E-state index in [1.165, 1.54) is 6.07 Å². The van der Waals surface area contributed by atoms with Crippen molar-refractivity contribution in [3.8, 4) is 0 Å². The highest BCUT2D eigenvalue weighted by Crippen LogP contribution is 2.38. The van der Waals surface area contributed by atoms with Crippen LogP contribution in [0.4, 0.5) is 17.6 Å². The molecular weight excluding hydrogens is 424 g/mol. The zero-order valence-corrected chi connectivity index (χ0v) is 18.5. The normalized spacial score (nSPS) is 18.8. The van der Waals surface area contributed by atoms with Crippen molar-refractivity contribution in [1.82, 2.24) is 10.2 Å². The number of amides is 1. The molecule has 1 amide bonds. The molecule has 0 atom stereocenters. The maximum Gasteiger partial charge on any atom is 0.416 e. The summed E-state index contributed by atoms with van der Waals surface area (Å²) < 4.78 is 52.5. The lowest BCUT2D eigenvalue weighted by Crippen LogP contribution is -2.50. The predicted octanol–water partition coefficient (Wildman–Crippen LogP) is 4.40. The summed E-state index contributed by atoms with van der Waals surface area (Å²) in [6.07, 6.45) is -0.774. The molecule has 3 rings (SSSR count). The molecule has 0 aliphatic carbocycles. The molecule has 9 heteroatoms. The average Bonchev–Trinajstić information content (AvgIpc) is 3.25. The van der Waals surface area contributed by atoms with E-state index in [-0.39, 0.29) is 23.6 Å². The zero-order chi connectivity index (χ0) is 23.4. The van der Waals surface area contributed by atoms with Crippen LogP contribution in [0.1, 0.15) is 49.8 Å². The summed E-state index contributed by atoms with van der Waals surface area (Å²) in [6.45, 7) is 5.79. The molecule has 1 aromatic carbocycles.